The third-order valence-electron chi connectivity index (χ3n) is 10.2. The van der Waals surface area contributed by atoms with Gasteiger partial charge in [0.2, 0.25) is 0 Å². The lowest BCUT2D eigenvalue weighted by Gasteiger charge is -2.21. The van der Waals surface area contributed by atoms with Crippen LogP contribution in [0.2, 0.25) is 0 Å². The summed E-state index contributed by atoms with van der Waals surface area (Å²) in [5.74, 6) is 0. The molecule has 0 aliphatic heterocycles. The average molecular weight is 694 g/mol. The minimum atomic E-state index is -0.144. The number of hydrogen-bond donors (Lipinski definition) is 0. The summed E-state index contributed by atoms with van der Waals surface area (Å²) < 4.78 is 0. The van der Waals surface area contributed by atoms with Crippen LogP contribution in [0.1, 0.15) is 26.5 Å². The van der Waals surface area contributed by atoms with E-state index < -0.39 is 0 Å². The van der Waals surface area contributed by atoms with E-state index in [4.69, 9.17) is 15.0 Å². The van der Waals surface area contributed by atoms with Crippen molar-refractivity contribution in [2.24, 2.45) is 0 Å². The first-order valence-electron chi connectivity index (χ1n) is 18.5. The highest BCUT2D eigenvalue weighted by molar-refractivity contribution is 6.09. The van der Waals surface area contributed by atoms with E-state index in [1.54, 1.807) is 0 Å². The summed E-state index contributed by atoms with van der Waals surface area (Å²) in [6.07, 6.45) is 0. The Morgan fingerprint density at radius 3 is 1.54 bits per heavy atom. The molecule has 258 valence electrons. The SMILES string of the molecule is CC(C)(C)c1cc(-c2ccc(-c3cccc(-c4cc(-c5ccccc5)cc(-c5ccccc5)n4)c3)cc2)c2ccc3ccc(-c4ccccc4)nc3c2n1. The van der Waals surface area contributed by atoms with Crippen LogP contribution in [0, 0.1) is 0 Å². The number of benzene rings is 6. The van der Waals surface area contributed by atoms with Gasteiger partial charge in [0.05, 0.1) is 28.1 Å². The minimum Gasteiger partial charge on any atom is -0.250 e. The molecule has 54 heavy (non-hydrogen) atoms. The third kappa shape index (κ3) is 6.46. The molecule has 3 heterocycles. The Morgan fingerprint density at radius 1 is 0.333 bits per heavy atom. The Hall–Kier alpha value is -6.71. The predicted molar refractivity (Wildman–Crippen MR) is 226 cm³/mol. The molecule has 0 amide bonds. The first-order chi connectivity index (χ1) is 26.4. The molecule has 6 aromatic carbocycles. The topological polar surface area (TPSA) is 38.7 Å². The summed E-state index contributed by atoms with van der Waals surface area (Å²) in [4.78, 5) is 15.7. The first kappa shape index (κ1) is 33.1. The van der Waals surface area contributed by atoms with E-state index in [0.29, 0.717) is 0 Å². The molecule has 0 aliphatic carbocycles. The van der Waals surface area contributed by atoms with Gasteiger partial charge in [0.1, 0.15) is 0 Å². The van der Waals surface area contributed by atoms with E-state index in [9.17, 15) is 0 Å². The van der Waals surface area contributed by atoms with Crippen molar-refractivity contribution in [3.05, 3.63) is 188 Å². The molecule has 0 spiro atoms. The van der Waals surface area contributed by atoms with E-state index in [1.165, 1.54) is 5.56 Å². The lowest BCUT2D eigenvalue weighted by molar-refractivity contribution is 0.572. The zero-order valence-electron chi connectivity index (χ0n) is 30.7. The Kier molecular flexibility index (Phi) is 8.40. The zero-order valence-corrected chi connectivity index (χ0v) is 30.7. The Labute approximate surface area is 316 Å². The van der Waals surface area contributed by atoms with Crippen LogP contribution >= 0.6 is 0 Å². The van der Waals surface area contributed by atoms with Gasteiger partial charge in [-0.25, -0.2) is 15.0 Å². The summed E-state index contributed by atoms with van der Waals surface area (Å²) >= 11 is 0. The maximum Gasteiger partial charge on any atom is 0.0974 e. The fourth-order valence-corrected chi connectivity index (χ4v) is 7.20. The molecule has 0 unspecified atom stereocenters. The molecule has 9 aromatic rings. The van der Waals surface area contributed by atoms with Crippen LogP contribution in [0.3, 0.4) is 0 Å². The van der Waals surface area contributed by atoms with Crippen molar-refractivity contribution in [2.75, 3.05) is 0 Å². The molecule has 0 bridgehead atoms. The highest BCUT2D eigenvalue weighted by Gasteiger charge is 2.20. The van der Waals surface area contributed by atoms with Crippen molar-refractivity contribution in [2.45, 2.75) is 26.2 Å². The Morgan fingerprint density at radius 2 is 0.870 bits per heavy atom. The number of pyridine rings is 3. The molecule has 0 N–H and O–H groups in total. The summed E-state index contributed by atoms with van der Waals surface area (Å²) in [5.41, 5.74) is 15.8. The van der Waals surface area contributed by atoms with E-state index >= 15 is 0 Å². The van der Waals surface area contributed by atoms with Gasteiger partial charge in [0, 0.05) is 38.6 Å². The second-order valence-electron chi connectivity index (χ2n) is 14.9. The van der Waals surface area contributed by atoms with Crippen molar-refractivity contribution in [1.82, 2.24) is 15.0 Å². The summed E-state index contributed by atoms with van der Waals surface area (Å²) in [6.45, 7) is 6.67. The molecule has 3 heteroatoms. The van der Waals surface area contributed by atoms with Crippen molar-refractivity contribution in [1.29, 1.82) is 0 Å². The molecule has 3 nitrogen and oxygen atoms in total. The van der Waals surface area contributed by atoms with Gasteiger partial charge in [-0.2, -0.15) is 0 Å². The summed E-state index contributed by atoms with van der Waals surface area (Å²) in [5, 5.41) is 2.18. The van der Waals surface area contributed by atoms with Gasteiger partial charge in [0.25, 0.3) is 0 Å². The number of rotatable bonds is 6. The van der Waals surface area contributed by atoms with Crippen LogP contribution in [0.4, 0.5) is 0 Å². The quantitative estimate of drug-likeness (QED) is 0.163. The molecule has 0 saturated carbocycles. The van der Waals surface area contributed by atoms with Crippen molar-refractivity contribution in [3.8, 4) is 67.2 Å². The smallest absolute Gasteiger partial charge is 0.0974 e. The first-order valence-corrected chi connectivity index (χ1v) is 18.5. The van der Waals surface area contributed by atoms with Crippen molar-refractivity contribution >= 4 is 21.8 Å². The van der Waals surface area contributed by atoms with Crippen molar-refractivity contribution < 1.29 is 0 Å². The third-order valence-corrected chi connectivity index (χ3v) is 10.2. The van der Waals surface area contributed by atoms with Gasteiger partial charge < -0.3 is 0 Å². The number of fused-ring (bicyclic) bond motifs is 3. The molecular formula is C51H39N3. The monoisotopic (exact) mass is 693 g/mol. The van der Waals surface area contributed by atoms with Crippen LogP contribution in [-0.4, -0.2) is 15.0 Å². The lowest BCUT2D eigenvalue weighted by atomic mass is 9.88. The number of hydrogen-bond acceptors (Lipinski definition) is 3. The zero-order chi connectivity index (χ0) is 36.6. The summed E-state index contributed by atoms with van der Waals surface area (Å²) in [6, 6.07) is 64.3. The molecule has 0 radical (unpaired) electrons. The van der Waals surface area contributed by atoms with Gasteiger partial charge >= 0.3 is 0 Å². The lowest BCUT2D eigenvalue weighted by Crippen LogP contribution is -2.14. The van der Waals surface area contributed by atoms with Gasteiger partial charge in [0.15, 0.2) is 0 Å². The molecular weight excluding hydrogens is 655 g/mol. The Bertz CT molecular complexity index is 2710. The maximum absolute atomic E-state index is 5.28. The highest BCUT2D eigenvalue weighted by Crippen LogP contribution is 2.38. The van der Waals surface area contributed by atoms with E-state index in [-0.39, 0.29) is 5.41 Å². The fraction of sp³-hybridized carbons (Fsp3) is 0.0784. The number of aromatic nitrogens is 3. The predicted octanol–water partition coefficient (Wildman–Crippen LogP) is 13.5. The molecule has 0 atom stereocenters. The minimum absolute atomic E-state index is 0.144. The van der Waals surface area contributed by atoms with Gasteiger partial charge in [-0.05, 0) is 63.7 Å². The largest absolute Gasteiger partial charge is 0.250 e. The normalized spacial score (nSPS) is 11.6. The average Bonchev–Trinajstić information content (AvgIpc) is 3.23. The molecule has 0 saturated heterocycles. The highest BCUT2D eigenvalue weighted by atomic mass is 14.8. The maximum atomic E-state index is 5.28. The van der Waals surface area contributed by atoms with Crippen LogP contribution in [0.25, 0.3) is 89.0 Å². The van der Waals surface area contributed by atoms with Crippen LogP contribution < -0.4 is 0 Å². The van der Waals surface area contributed by atoms with Gasteiger partial charge in [-0.15, -0.1) is 0 Å². The molecule has 0 aliphatic rings. The van der Waals surface area contributed by atoms with Crippen LogP contribution in [0.5, 0.6) is 0 Å². The number of nitrogens with zero attached hydrogens (tertiary/aromatic N) is 3. The second-order valence-corrected chi connectivity index (χ2v) is 14.9. The van der Waals surface area contributed by atoms with Crippen molar-refractivity contribution in [3.63, 3.8) is 0 Å². The van der Waals surface area contributed by atoms with Gasteiger partial charge in [-0.3, -0.25) is 0 Å². The molecule has 3 aromatic heterocycles. The standard InChI is InChI=1S/C51H39N3/c1-51(2,3)48-33-44(43-28-26-39-27-29-45(37-16-9-5-10-17-37)53-49(39)50(43)54-48)36-24-22-35(23-25-36)40-20-13-21-41(30-40)47-32-42(34-14-7-4-8-15-34)31-46(52-47)38-18-11-6-12-19-38/h4-33H,1-3H3. The van der Waals surface area contributed by atoms with Crippen LogP contribution in [-0.2, 0) is 5.41 Å². The van der Waals surface area contributed by atoms with E-state index in [2.05, 4.69) is 191 Å². The molecule has 0 fully saturated rings. The Balaban J connectivity index is 1.12. The van der Waals surface area contributed by atoms with Gasteiger partial charge in [-0.1, -0.05) is 172 Å². The van der Waals surface area contributed by atoms with Crippen LogP contribution in [0.15, 0.2) is 182 Å². The van der Waals surface area contributed by atoms with E-state index in [1.807, 2.05) is 12.1 Å². The fourth-order valence-electron chi connectivity index (χ4n) is 7.20. The summed E-state index contributed by atoms with van der Waals surface area (Å²) in [7, 11) is 0. The molecule has 9 rings (SSSR count). The second kappa shape index (κ2) is 13.7. The van der Waals surface area contributed by atoms with E-state index in [0.717, 1.165) is 89.1 Å².